The maximum Gasteiger partial charge on any atom is 0.189 e. The maximum atomic E-state index is 6.27. The topological polar surface area (TPSA) is 50.4 Å². The zero-order chi connectivity index (χ0) is 12.0. The van der Waals surface area contributed by atoms with E-state index in [1.54, 1.807) is 0 Å². The number of benzene rings is 1. The van der Waals surface area contributed by atoms with E-state index >= 15 is 0 Å². The highest BCUT2D eigenvalue weighted by Crippen LogP contribution is 2.44. The Morgan fingerprint density at radius 1 is 1.41 bits per heavy atom. The molecule has 2 aliphatic rings. The quantitative estimate of drug-likeness (QED) is 0.801. The number of hydrogen-bond acceptors (Lipinski definition) is 3. The van der Waals surface area contributed by atoms with Gasteiger partial charge in [-0.05, 0) is 29.9 Å². The summed E-state index contributed by atoms with van der Waals surface area (Å²) in [5.74, 6) is 1.54. The van der Waals surface area contributed by atoms with E-state index in [4.69, 9.17) is 17.3 Å². The first-order chi connectivity index (χ1) is 8.16. The van der Waals surface area contributed by atoms with E-state index in [0.29, 0.717) is 29.9 Å². The summed E-state index contributed by atoms with van der Waals surface area (Å²) in [5, 5.41) is 4.11. The smallest absolute Gasteiger partial charge is 0.189 e. The zero-order valence-electron chi connectivity index (χ0n) is 9.73. The van der Waals surface area contributed by atoms with Gasteiger partial charge in [0.25, 0.3) is 0 Å². The molecule has 1 aromatic rings. The molecule has 0 amide bonds. The highest BCUT2D eigenvalue weighted by molar-refractivity contribution is 6.31. The van der Waals surface area contributed by atoms with Gasteiger partial charge in [0.15, 0.2) is 5.96 Å². The molecule has 0 bridgehead atoms. The second-order valence-corrected chi connectivity index (χ2v) is 5.39. The standard InChI is InChI=1S/C13H16ClN3/c1-7-9(8-4-2-3-5-10(8)14)6-11-12(7)17-13(15)16-11/h2-5,7,9,11-12H,6H2,1H3,(H3,15,16,17)/t7-,9-,11?,12?/m0/s1. The number of nitrogens with one attached hydrogen (secondary N) is 1. The molecule has 1 aliphatic carbocycles. The van der Waals surface area contributed by atoms with Crippen LogP contribution in [0.25, 0.3) is 0 Å². The van der Waals surface area contributed by atoms with Crippen LogP contribution in [-0.2, 0) is 0 Å². The number of aliphatic imine (C=N–C) groups is 1. The number of nitrogens with zero attached hydrogens (tertiary/aromatic N) is 1. The molecular weight excluding hydrogens is 234 g/mol. The summed E-state index contributed by atoms with van der Waals surface area (Å²) in [6, 6.07) is 8.79. The largest absolute Gasteiger partial charge is 0.370 e. The molecule has 0 aromatic heterocycles. The highest BCUT2D eigenvalue weighted by atomic mass is 35.5. The van der Waals surface area contributed by atoms with Crippen molar-refractivity contribution < 1.29 is 0 Å². The van der Waals surface area contributed by atoms with Crippen molar-refractivity contribution in [2.75, 3.05) is 0 Å². The molecule has 1 heterocycles. The SMILES string of the molecule is C[C@@H]1C2N=C(N)NC2C[C@@H]1c1ccccc1Cl. The van der Waals surface area contributed by atoms with Crippen molar-refractivity contribution in [2.45, 2.75) is 31.3 Å². The summed E-state index contributed by atoms with van der Waals surface area (Å²) < 4.78 is 0. The predicted octanol–water partition coefficient (Wildman–Crippen LogP) is 2.12. The average molecular weight is 250 g/mol. The monoisotopic (exact) mass is 249 g/mol. The molecule has 0 radical (unpaired) electrons. The Labute approximate surface area is 106 Å². The summed E-state index contributed by atoms with van der Waals surface area (Å²) in [7, 11) is 0. The fourth-order valence-corrected chi connectivity index (χ4v) is 3.43. The molecule has 4 atom stereocenters. The van der Waals surface area contributed by atoms with Crippen LogP contribution in [0.2, 0.25) is 5.02 Å². The van der Waals surface area contributed by atoms with Crippen LogP contribution in [0.5, 0.6) is 0 Å². The molecule has 3 N–H and O–H groups in total. The summed E-state index contributed by atoms with van der Waals surface area (Å²) in [5.41, 5.74) is 6.96. The van der Waals surface area contributed by atoms with Crippen LogP contribution >= 0.6 is 11.6 Å². The Bertz CT molecular complexity index is 471. The predicted molar refractivity (Wildman–Crippen MR) is 70.3 cm³/mol. The molecule has 1 saturated carbocycles. The van der Waals surface area contributed by atoms with Crippen LogP contribution in [0, 0.1) is 5.92 Å². The van der Waals surface area contributed by atoms with Crippen molar-refractivity contribution in [2.24, 2.45) is 16.6 Å². The molecule has 90 valence electrons. The molecule has 17 heavy (non-hydrogen) atoms. The van der Waals surface area contributed by atoms with Crippen LogP contribution in [0.3, 0.4) is 0 Å². The summed E-state index contributed by atoms with van der Waals surface area (Å²) in [6.07, 6.45) is 1.06. The maximum absolute atomic E-state index is 6.27. The van der Waals surface area contributed by atoms with Gasteiger partial charge in [-0.25, -0.2) is 4.99 Å². The second kappa shape index (κ2) is 3.91. The van der Waals surface area contributed by atoms with Gasteiger partial charge in [0.2, 0.25) is 0 Å². The lowest BCUT2D eigenvalue weighted by Crippen LogP contribution is -2.35. The third-order valence-corrected chi connectivity index (χ3v) is 4.36. The Kier molecular flexibility index (Phi) is 2.51. The number of guanidine groups is 1. The Morgan fingerprint density at radius 3 is 2.88 bits per heavy atom. The van der Waals surface area contributed by atoms with E-state index < -0.39 is 0 Å². The molecule has 4 heteroatoms. The van der Waals surface area contributed by atoms with Gasteiger partial charge < -0.3 is 11.1 Å². The fourth-order valence-electron chi connectivity index (χ4n) is 3.16. The summed E-state index contributed by atoms with van der Waals surface area (Å²) in [6.45, 7) is 2.24. The molecule has 1 fully saturated rings. The van der Waals surface area contributed by atoms with Gasteiger partial charge in [-0.3, -0.25) is 0 Å². The van der Waals surface area contributed by atoms with E-state index in [2.05, 4.69) is 23.3 Å². The van der Waals surface area contributed by atoms with E-state index in [1.165, 1.54) is 5.56 Å². The van der Waals surface area contributed by atoms with Crippen molar-refractivity contribution in [3.05, 3.63) is 34.9 Å². The van der Waals surface area contributed by atoms with Gasteiger partial charge in [-0.15, -0.1) is 0 Å². The van der Waals surface area contributed by atoms with Crippen LogP contribution in [0.1, 0.15) is 24.8 Å². The molecule has 3 nitrogen and oxygen atoms in total. The lowest BCUT2D eigenvalue weighted by atomic mass is 9.89. The number of rotatable bonds is 1. The molecule has 0 saturated heterocycles. The van der Waals surface area contributed by atoms with E-state index in [0.717, 1.165) is 11.4 Å². The first-order valence-corrected chi connectivity index (χ1v) is 6.39. The van der Waals surface area contributed by atoms with Crippen LogP contribution in [0.4, 0.5) is 0 Å². The third-order valence-electron chi connectivity index (χ3n) is 4.02. The van der Waals surface area contributed by atoms with Crippen LogP contribution in [0.15, 0.2) is 29.3 Å². The van der Waals surface area contributed by atoms with Gasteiger partial charge in [0, 0.05) is 5.02 Å². The van der Waals surface area contributed by atoms with Gasteiger partial charge in [-0.1, -0.05) is 36.7 Å². The first kappa shape index (κ1) is 10.9. The van der Waals surface area contributed by atoms with E-state index in [9.17, 15) is 0 Å². The fraction of sp³-hybridized carbons (Fsp3) is 0.462. The van der Waals surface area contributed by atoms with Crippen molar-refractivity contribution in [1.82, 2.24) is 5.32 Å². The lowest BCUT2D eigenvalue weighted by molar-refractivity contribution is 0.476. The Morgan fingerprint density at radius 2 is 2.18 bits per heavy atom. The number of fused-ring (bicyclic) bond motifs is 1. The van der Waals surface area contributed by atoms with Crippen molar-refractivity contribution in [1.29, 1.82) is 0 Å². The highest BCUT2D eigenvalue weighted by Gasteiger charge is 2.44. The molecular formula is C13H16ClN3. The minimum Gasteiger partial charge on any atom is -0.370 e. The van der Waals surface area contributed by atoms with Crippen molar-refractivity contribution in [3.63, 3.8) is 0 Å². The van der Waals surface area contributed by atoms with Crippen molar-refractivity contribution >= 4 is 17.6 Å². The van der Waals surface area contributed by atoms with E-state index in [-0.39, 0.29) is 0 Å². The van der Waals surface area contributed by atoms with Gasteiger partial charge in [-0.2, -0.15) is 0 Å². The lowest BCUT2D eigenvalue weighted by Gasteiger charge is -2.19. The number of nitrogens with two attached hydrogens (primary N) is 1. The van der Waals surface area contributed by atoms with Crippen LogP contribution < -0.4 is 11.1 Å². The molecule has 3 rings (SSSR count). The minimum atomic E-state index is 0.302. The average Bonchev–Trinajstić information content (AvgIpc) is 2.79. The van der Waals surface area contributed by atoms with Gasteiger partial charge in [0.1, 0.15) is 0 Å². The molecule has 0 spiro atoms. The summed E-state index contributed by atoms with van der Waals surface area (Å²) in [4.78, 5) is 4.48. The zero-order valence-corrected chi connectivity index (χ0v) is 10.5. The Balaban J connectivity index is 1.91. The first-order valence-electron chi connectivity index (χ1n) is 6.01. The Hall–Kier alpha value is -1.22. The third kappa shape index (κ3) is 1.69. The summed E-state index contributed by atoms with van der Waals surface area (Å²) >= 11 is 6.27. The van der Waals surface area contributed by atoms with E-state index in [1.807, 2.05) is 18.2 Å². The van der Waals surface area contributed by atoms with Crippen LogP contribution in [-0.4, -0.2) is 18.0 Å². The molecule has 2 unspecified atom stereocenters. The molecule has 1 aliphatic heterocycles. The minimum absolute atomic E-state index is 0.302. The van der Waals surface area contributed by atoms with Crippen molar-refractivity contribution in [3.8, 4) is 0 Å². The number of hydrogen-bond donors (Lipinski definition) is 2. The van der Waals surface area contributed by atoms with Gasteiger partial charge in [0.05, 0.1) is 12.1 Å². The number of halogens is 1. The molecule has 1 aromatic carbocycles. The normalized spacial score (nSPS) is 35.3. The second-order valence-electron chi connectivity index (χ2n) is 4.98. The van der Waals surface area contributed by atoms with Gasteiger partial charge >= 0.3 is 0 Å².